The Bertz CT molecular complexity index is 3160. The van der Waals surface area contributed by atoms with Crippen LogP contribution in [0.15, 0.2) is 0 Å². The summed E-state index contributed by atoms with van der Waals surface area (Å²) in [5.41, 5.74) is -4.48. The summed E-state index contributed by atoms with van der Waals surface area (Å²) in [4.78, 5) is 121. The molecule has 12 rings (SSSR count). The van der Waals surface area contributed by atoms with Gasteiger partial charge in [-0.1, -0.05) is 137 Å². The van der Waals surface area contributed by atoms with Crippen LogP contribution in [0.2, 0.25) is 0 Å². The van der Waals surface area contributed by atoms with Gasteiger partial charge >= 0.3 is 59.7 Å². The van der Waals surface area contributed by atoms with Crippen molar-refractivity contribution in [3.8, 4) is 0 Å². The molecule has 12 fully saturated rings. The van der Waals surface area contributed by atoms with Crippen LogP contribution in [0.3, 0.4) is 0 Å². The van der Waals surface area contributed by atoms with E-state index in [4.69, 9.17) is 47.4 Å². The highest BCUT2D eigenvalue weighted by Gasteiger charge is 2.68. The van der Waals surface area contributed by atoms with Gasteiger partial charge in [-0.2, -0.15) is 0 Å². The lowest BCUT2D eigenvalue weighted by atomic mass is 9.50. The lowest BCUT2D eigenvalue weighted by Gasteiger charge is -2.59. The van der Waals surface area contributed by atoms with E-state index in [0.717, 1.165) is 131 Å². The van der Waals surface area contributed by atoms with Crippen LogP contribution in [-0.4, -0.2) is 120 Å². The molecule has 12 atom stereocenters. The fourth-order valence-corrected chi connectivity index (χ4v) is 20.6. The topological polar surface area (TPSA) is 263 Å². The number of hydrogen-bond acceptors (Lipinski definition) is 20. The van der Waals surface area contributed by atoms with Gasteiger partial charge in [0.25, 0.3) is 0 Å². The highest BCUT2D eigenvalue weighted by Crippen LogP contribution is 2.71. The molecular weight excluding hydrogens is 1530 g/mol. The average molecular weight is 1710 g/mol. The third-order valence-corrected chi connectivity index (χ3v) is 30.1. The number of esters is 10. The maximum absolute atomic E-state index is 12.6. The van der Waals surface area contributed by atoms with Crippen molar-refractivity contribution in [1.82, 2.24) is 0 Å². The summed E-state index contributed by atoms with van der Waals surface area (Å²) in [6.45, 7) is 60.8. The van der Waals surface area contributed by atoms with E-state index in [1.54, 1.807) is 13.8 Å². The van der Waals surface area contributed by atoms with Crippen LogP contribution in [0.25, 0.3) is 0 Å². The molecule has 20 heteroatoms. The Labute approximate surface area is 736 Å². The Balaban J connectivity index is 0.000000501. The monoisotopic (exact) mass is 1710 g/mol. The molecule has 20 nitrogen and oxygen atoms in total. The van der Waals surface area contributed by atoms with Crippen LogP contribution in [0.4, 0.5) is 0 Å². The normalized spacial score (nSPS) is 28.9. The van der Waals surface area contributed by atoms with Crippen molar-refractivity contribution in [2.75, 3.05) is 19.8 Å². The van der Waals surface area contributed by atoms with Gasteiger partial charge in [-0.15, -0.1) is 0 Å². The molecule has 12 aliphatic carbocycles. The van der Waals surface area contributed by atoms with Gasteiger partial charge in [-0.05, 0) is 355 Å². The van der Waals surface area contributed by atoms with Gasteiger partial charge in [0.2, 0.25) is 0 Å². The zero-order valence-corrected chi connectivity index (χ0v) is 83.0. The minimum absolute atomic E-state index is 0.248. The molecule has 0 heterocycles. The summed E-state index contributed by atoms with van der Waals surface area (Å²) in [5, 5.41) is 0. The van der Waals surface area contributed by atoms with Crippen molar-refractivity contribution in [3.63, 3.8) is 0 Å². The van der Waals surface area contributed by atoms with Crippen LogP contribution in [0.1, 0.15) is 427 Å². The Hall–Kier alpha value is -5.30. The Morgan fingerprint density at radius 1 is 0.339 bits per heavy atom. The molecule has 12 aliphatic rings. The molecule has 0 amide bonds. The summed E-state index contributed by atoms with van der Waals surface area (Å²) >= 11 is 0. The summed E-state index contributed by atoms with van der Waals surface area (Å²) in [5.74, 6) is 4.92. The first-order valence-corrected chi connectivity index (χ1v) is 48.9. The lowest BCUT2D eigenvalue weighted by molar-refractivity contribution is -0.213. The molecule has 0 saturated heterocycles. The fraction of sp³-hybridized carbons (Fsp3) is 0.901. The Morgan fingerprint density at radius 3 is 1.07 bits per heavy atom. The molecule has 0 radical (unpaired) electrons. The molecule has 0 aromatic heterocycles. The van der Waals surface area contributed by atoms with E-state index in [0.29, 0.717) is 61.7 Å². The average Bonchev–Trinajstić information content (AvgIpc) is 1.54. The molecule has 0 aromatic rings. The smallest absolute Gasteiger partial charge is 0.347 e. The van der Waals surface area contributed by atoms with Gasteiger partial charge in [-0.3, -0.25) is 24.0 Å². The van der Waals surface area contributed by atoms with Gasteiger partial charge < -0.3 is 47.4 Å². The van der Waals surface area contributed by atoms with Gasteiger partial charge in [0.05, 0.1) is 27.1 Å². The van der Waals surface area contributed by atoms with E-state index < -0.39 is 57.2 Å². The number of carbonyl (C=O) groups excluding carboxylic acids is 10. The molecule has 0 aromatic carbocycles. The molecule has 704 valence electrons. The van der Waals surface area contributed by atoms with E-state index in [1.165, 1.54) is 83.5 Å². The number of rotatable bonds is 28. The molecule has 12 saturated carbocycles. The second-order valence-electron chi connectivity index (χ2n) is 39.6. The lowest BCUT2D eigenvalue weighted by Crippen LogP contribution is -2.58. The summed E-state index contributed by atoms with van der Waals surface area (Å²) in [6.07, 6.45) is 31.9. The second kappa shape index (κ2) is 50.3. The van der Waals surface area contributed by atoms with E-state index in [2.05, 4.69) is 20.8 Å². The SMILES string of the molecule is CC.CC.CC.CC.CC.CCC(C)(C)C(=O)OC(C)C(=O)OC1(C)C2CC3CC(C2)CC1C3.CCC(C)(C)C(=O)OC(C)C(=O)OC1(CC)CC2CCC1C2.CCC(C)(C)C(=O)OCC(=O)OC1(C)CCCCC1.CCC(C)(C)C(=O)OCC(=O)OC1(CC)CC2CC1C1C3CCC(C3)C21.CCC1(OC(=O)COC(=O)C(C)(C)CC)CCCCC1. The summed E-state index contributed by atoms with van der Waals surface area (Å²) in [6, 6.07) is 0. The fourth-order valence-electron chi connectivity index (χ4n) is 20.6. The van der Waals surface area contributed by atoms with Gasteiger partial charge in [-0.25, -0.2) is 24.0 Å². The third kappa shape index (κ3) is 29.9. The number of carbonyl (C=O) groups is 10. The highest BCUT2D eigenvalue weighted by molar-refractivity contribution is 5.84. The zero-order valence-electron chi connectivity index (χ0n) is 83.0. The van der Waals surface area contributed by atoms with E-state index >= 15 is 0 Å². The largest absolute Gasteiger partial charge is 0.457 e. The third-order valence-electron chi connectivity index (χ3n) is 30.1. The van der Waals surface area contributed by atoms with Crippen molar-refractivity contribution >= 4 is 59.7 Å². The quantitative estimate of drug-likeness (QED) is 0.0400. The Morgan fingerprint density at radius 2 is 0.702 bits per heavy atom. The number of hydrogen-bond donors (Lipinski definition) is 0. The first-order valence-electron chi connectivity index (χ1n) is 48.9. The van der Waals surface area contributed by atoms with Gasteiger partial charge in [0, 0.05) is 5.92 Å². The summed E-state index contributed by atoms with van der Waals surface area (Å²) < 4.78 is 55.1. The van der Waals surface area contributed by atoms with E-state index in [9.17, 15) is 47.9 Å². The predicted octanol–water partition coefficient (Wildman–Crippen LogP) is 24.3. The molecule has 0 aliphatic heterocycles. The first-order chi connectivity index (χ1) is 56.8. The van der Waals surface area contributed by atoms with Crippen LogP contribution < -0.4 is 0 Å². The van der Waals surface area contributed by atoms with Crippen molar-refractivity contribution in [2.24, 2.45) is 98.1 Å². The molecule has 0 spiro atoms. The maximum atomic E-state index is 12.6. The maximum Gasteiger partial charge on any atom is 0.347 e. The minimum Gasteiger partial charge on any atom is -0.457 e. The minimum atomic E-state index is -0.836. The van der Waals surface area contributed by atoms with Crippen molar-refractivity contribution < 1.29 is 95.3 Å². The predicted molar refractivity (Wildman–Crippen MR) is 480 cm³/mol. The van der Waals surface area contributed by atoms with Crippen molar-refractivity contribution in [2.45, 2.75) is 467 Å². The number of fused-ring (bicyclic) bond motifs is 11. The standard InChI is InChI=1S/C22H34O4.C20H32O4.C18H30O4.C16H28O4.C15H26O4.5C2H6/c1-5-21(3,4)20(24)25-12-17(23)26-22(6-2)11-15-10-16(22)19-14-8-7-13(9-14)18(15)19;1-6-19(3,4)18(22)23-12(2)17(21)24-20(5)15-8-13-7-14(10-15)11-16(20)9-13;1-6-17(4,5)16(20)21-12(3)15(19)22-18(7-2)11-13-8-9-14(18)10-13;1-5-15(3,4)14(18)19-12-13(17)20-16(6-2)10-8-7-9-11-16;1-5-14(2,3)13(17)18-11-12(16)19-15(4)9-7-6-8-10-15;5*1-2/h13-16,18-19H,5-12H2,1-4H3;12-16H,6-11H2,1-5H3;12-14H,6-11H2,1-5H3;5-12H2,1-4H3;5-11H2,1-4H3;5*1-2H3. The Kier molecular flexibility index (Phi) is 46.5. The van der Waals surface area contributed by atoms with Crippen LogP contribution >= 0.6 is 0 Å². The van der Waals surface area contributed by atoms with Crippen LogP contribution in [0.5, 0.6) is 0 Å². The number of ether oxygens (including phenoxy) is 10. The molecule has 121 heavy (non-hydrogen) atoms. The van der Waals surface area contributed by atoms with Crippen LogP contribution in [0, 0.1) is 98.1 Å². The van der Waals surface area contributed by atoms with Gasteiger partial charge in [0.15, 0.2) is 32.0 Å². The molecular formula is C101H180O20. The summed E-state index contributed by atoms with van der Waals surface area (Å²) in [7, 11) is 0. The first kappa shape index (κ1) is 112. The van der Waals surface area contributed by atoms with E-state index in [-0.39, 0.29) is 89.6 Å². The van der Waals surface area contributed by atoms with Crippen molar-refractivity contribution in [3.05, 3.63) is 0 Å². The molecule has 0 N–H and O–H groups in total. The zero-order chi connectivity index (χ0) is 92.7. The highest BCUT2D eigenvalue weighted by atomic mass is 16.6. The van der Waals surface area contributed by atoms with Crippen molar-refractivity contribution in [1.29, 1.82) is 0 Å². The van der Waals surface area contributed by atoms with Crippen LogP contribution in [-0.2, 0) is 95.3 Å². The molecule has 12 unspecified atom stereocenters. The molecule has 10 bridgehead atoms. The van der Waals surface area contributed by atoms with Gasteiger partial charge in [0.1, 0.15) is 28.0 Å². The van der Waals surface area contributed by atoms with E-state index in [1.807, 2.05) is 187 Å². The second-order valence-corrected chi connectivity index (χ2v) is 39.6.